The molecule has 1 fully saturated rings. The van der Waals surface area contributed by atoms with Gasteiger partial charge in [0.25, 0.3) is 0 Å². The van der Waals surface area contributed by atoms with Crippen molar-refractivity contribution in [3.8, 4) is 0 Å². The first-order valence-electron chi connectivity index (χ1n) is 5.65. The minimum atomic E-state index is -1.35. The van der Waals surface area contributed by atoms with Crippen LogP contribution in [0, 0.1) is 11.6 Å². The van der Waals surface area contributed by atoms with Crippen LogP contribution in [-0.4, -0.2) is 17.3 Å². The SMILES string of the molecule is CC1(C)CC(O)(c2cccc(F)c2F)CCO1. The van der Waals surface area contributed by atoms with Crippen LogP contribution in [0.4, 0.5) is 8.78 Å². The van der Waals surface area contributed by atoms with Gasteiger partial charge < -0.3 is 9.84 Å². The van der Waals surface area contributed by atoms with Crippen LogP contribution >= 0.6 is 0 Å². The van der Waals surface area contributed by atoms with Crippen LogP contribution in [0.1, 0.15) is 32.3 Å². The Kier molecular flexibility index (Phi) is 2.96. The summed E-state index contributed by atoms with van der Waals surface area (Å²) in [5, 5.41) is 10.5. The maximum Gasteiger partial charge on any atom is 0.164 e. The van der Waals surface area contributed by atoms with Crippen LogP contribution in [0.5, 0.6) is 0 Å². The molecule has 0 aromatic heterocycles. The fourth-order valence-electron chi connectivity index (χ4n) is 2.43. The van der Waals surface area contributed by atoms with Gasteiger partial charge in [-0.15, -0.1) is 0 Å². The number of benzene rings is 1. The third-order valence-corrected chi connectivity index (χ3v) is 3.18. The lowest BCUT2D eigenvalue weighted by molar-refractivity contribution is -0.149. The lowest BCUT2D eigenvalue weighted by Gasteiger charge is -2.41. The zero-order valence-electron chi connectivity index (χ0n) is 9.96. The fraction of sp³-hybridized carbons (Fsp3) is 0.538. The molecular formula is C13H16F2O2. The molecule has 0 bridgehead atoms. The molecule has 1 unspecified atom stereocenters. The Morgan fingerprint density at radius 3 is 2.65 bits per heavy atom. The summed E-state index contributed by atoms with van der Waals surface area (Å²) in [6.45, 7) is 3.99. The molecule has 0 amide bonds. The molecule has 1 aliphatic rings. The van der Waals surface area contributed by atoms with E-state index < -0.39 is 22.8 Å². The van der Waals surface area contributed by atoms with Gasteiger partial charge in [-0.05, 0) is 19.9 Å². The van der Waals surface area contributed by atoms with Crippen molar-refractivity contribution in [2.75, 3.05) is 6.61 Å². The minimum Gasteiger partial charge on any atom is -0.385 e. The van der Waals surface area contributed by atoms with E-state index in [1.807, 2.05) is 13.8 Å². The van der Waals surface area contributed by atoms with E-state index in [0.717, 1.165) is 6.07 Å². The molecule has 2 rings (SSSR count). The van der Waals surface area contributed by atoms with E-state index in [1.54, 1.807) is 0 Å². The highest BCUT2D eigenvalue weighted by molar-refractivity contribution is 5.26. The Morgan fingerprint density at radius 2 is 2.00 bits per heavy atom. The summed E-state index contributed by atoms with van der Waals surface area (Å²) in [6, 6.07) is 3.89. The molecule has 17 heavy (non-hydrogen) atoms. The van der Waals surface area contributed by atoms with E-state index >= 15 is 0 Å². The zero-order chi connectivity index (χ0) is 12.7. The number of hydrogen-bond acceptors (Lipinski definition) is 2. The average Bonchev–Trinajstić information content (AvgIpc) is 2.20. The first-order chi connectivity index (χ1) is 7.84. The third-order valence-electron chi connectivity index (χ3n) is 3.18. The average molecular weight is 242 g/mol. The van der Waals surface area contributed by atoms with Crippen molar-refractivity contribution in [2.45, 2.75) is 37.9 Å². The van der Waals surface area contributed by atoms with Gasteiger partial charge in [0.05, 0.1) is 17.8 Å². The smallest absolute Gasteiger partial charge is 0.164 e. The maximum atomic E-state index is 13.7. The van der Waals surface area contributed by atoms with Gasteiger partial charge in [0.1, 0.15) is 0 Å². The second-order valence-electron chi connectivity index (χ2n) is 5.17. The Hall–Kier alpha value is -1.00. The molecule has 1 N–H and O–H groups in total. The predicted octanol–water partition coefficient (Wildman–Crippen LogP) is 2.74. The molecule has 1 heterocycles. The standard InChI is InChI=1S/C13H16F2O2/c1-12(2)8-13(16,6-7-17-12)9-4-3-5-10(14)11(9)15/h3-5,16H,6-8H2,1-2H3. The van der Waals surface area contributed by atoms with Gasteiger partial charge in [-0.1, -0.05) is 12.1 Å². The summed E-state index contributed by atoms with van der Waals surface area (Å²) < 4.78 is 32.4. The van der Waals surface area contributed by atoms with Gasteiger partial charge in [0.15, 0.2) is 11.6 Å². The van der Waals surface area contributed by atoms with Gasteiger partial charge in [-0.2, -0.15) is 0 Å². The van der Waals surface area contributed by atoms with E-state index in [4.69, 9.17) is 4.74 Å². The normalized spacial score (nSPS) is 28.1. The molecule has 0 saturated carbocycles. The van der Waals surface area contributed by atoms with Crippen LogP contribution in [-0.2, 0) is 10.3 Å². The van der Waals surface area contributed by atoms with Crippen molar-refractivity contribution >= 4 is 0 Å². The van der Waals surface area contributed by atoms with Crippen LogP contribution in [0.2, 0.25) is 0 Å². The molecule has 94 valence electrons. The second kappa shape index (κ2) is 4.03. The molecular weight excluding hydrogens is 226 g/mol. The number of halogens is 2. The summed E-state index contributed by atoms with van der Waals surface area (Å²) in [5.41, 5.74) is -1.87. The Morgan fingerprint density at radius 1 is 1.29 bits per heavy atom. The van der Waals surface area contributed by atoms with E-state index in [9.17, 15) is 13.9 Å². The molecule has 0 spiro atoms. The van der Waals surface area contributed by atoms with Gasteiger partial charge in [-0.25, -0.2) is 8.78 Å². The summed E-state index contributed by atoms with van der Waals surface area (Å²) in [7, 11) is 0. The monoisotopic (exact) mass is 242 g/mol. The largest absolute Gasteiger partial charge is 0.385 e. The third kappa shape index (κ3) is 2.33. The lowest BCUT2D eigenvalue weighted by atomic mass is 9.79. The Labute approximate surface area is 99.2 Å². The number of rotatable bonds is 1. The van der Waals surface area contributed by atoms with Crippen molar-refractivity contribution in [3.63, 3.8) is 0 Å². The number of hydrogen-bond donors (Lipinski definition) is 1. The van der Waals surface area contributed by atoms with Crippen molar-refractivity contribution in [1.82, 2.24) is 0 Å². The quantitative estimate of drug-likeness (QED) is 0.820. The summed E-state index contributed by atoms with van der Waals surface area (Å²) >= 11 is 0. The van der Waals surface area contributed by atoms with Crippen molar-refractivity contribution in [3.05, 3.63) is 35.4 Å². The second-order valence-corrected chi connectivity index (χ2v) is 5.17. The first kappa shape index (κ1) is 12.5. The first-order valence-corrected chi connectivity index (χ1v) is 5.65. The van der Waals surface area contributed by atoms with Crippen molar-refractivity contribution in [2.24, 2.45) is 0 Å². The lowest BCUT2D eigenvalue weighted by Crippen LogP contribution is -2.44. The number of ether oxygens (including phenoxy) is 1. The summed E-state index contributed by atoms with van der Waals surface area (Å²) in [5.74, 6) is -1.90. The van der Waals surface area contributed by atoms with Gasteiger partial charge >= 0.3 is 0 Å². The minimum absolute atomic E-state index is 0.0221. The van der Waals surface area contributed by atoms with Crippen molar-refractivity contribution in [1.29, 1.82) is 0 Å². The maximum absolute atomic E-state index is 13.7. The van der Waals surface area contributed by atoms with E-state index in [-0.39, 0.29) is 18.4 Å². The van der Waals surface area contributed by atoms with Crippen LogP contribution in [0.15, 0.2) is 18.2 Å². The van der Waals surface area contributed by atoms with Gasteiger partial charge in [-0.3, -0.25) is 0 Å². The molecule has 1 saturated heterocycles. The van der Waals surface area contributed by atoms with Crippen LogP contribution in [0.25, 0.3) is 0 Å². The fourth-order valence-corrected chi connectivity index (χ4v) is 2.43. The van der Waals surface area contributed by atoms with E-state index in [2.05, 4.69) is 0 Å². The topological polar surface area (TPSA) is 29.5 Å². The molecule has 0 aliphatic carbocycles. The number of aliphatic hydroxyl groups is 1. The molecule has 0 radical (unpaired) electrons. The predicted molar refractivity (Wildman–Crippen MR) is 59.5 cm³/mol. The highest BCUT2D eigenvalue weighted by atomic mass is 19.2. The molecule has 2 nitrogen and oxygen atoms in total. The molecule has 4 heteroatoms. The Bertz CT molecular complexity index is 431. The highest BCUT2D eigenvalue weighted by Gasteiger charge is 2.42. The van der Waals surface area contributed by atoms with E-state index in [0.29, 0.717) is 6.61 Å². The van der Waals surface area contributed by atoms with E-state index in [1.165, 1.54) is 12.1 Å². The van der Waals surface area contributed by atoms with Crippen molar-refractivity contribution < 1.29 is 18.6 Å². The molecule has 1 aromatic carbocycles. The summed E-state index contributed by atoms with van der Waals surface area (Å²) in [4.78, 5) is 0. The summed E-state index contributed by atoms with van der Waals surface area (Å²) in [6.07, 6.45) is 0.525. The zero-order valence-corrected chi connectivity index (χ0v) is 9.96. The van der Waals surface area contributed by atoms with Crippen LogP contribution in [0.3, 0.4) is 0 Å². The molecule has 1 aromatic rings. The van der Waals surface area contributed by atoms with Gasteiger partial charge in [0.2, 0.25) is 0 Å². The molecule has 1 atom stereocenters. The highest BCUT2D eigenvalue weighted by Crippen LogP contribution is 2.40. The molecule has 1 aliphatic heterocycles. The van der Waals surface area contributed by atoms with Gasteiger partial charge in [0, 0.05) is 18.4 Å². The Balaban J connectivity index is 2.41. The van der Waals surface area contributed by atoms with Crippen LogP contribution < -0.4 is 0 Å².